The summed E-state index contributed by atoms with van der Waals surface area (Å²) in [7, 11) is -0.579. The Morgan fingerprint density at radius 2 is 1.68 bits per heavy atom. The number of carbonyl (C=O) groups excluding carboxylic acids is 1. The number of aromatic hydroxyl groups is 1. The van der Waals surface area contributed by atoms with E-state index in [4.69, 9.17) is 14.0 Å². The Balaban J connectivity index is 1.66. The van der Waals surface area contributed by atoms with Crippen molar-refractivity contribution in [1.82, 2.24) is 0 Å². The van der Waals surface area contributed by atoms with Gasteiger partial charge >= 0.3 is 7.12 Å². The first-order chi connectivity index (χ1) is 13.1. The maximum atomic E-state index is 12.2. The Kier molecular flexibility index (Phi) is 5.41. The molecule has 1 heterocycles. The molecule has 1 saturated heterocycles. The first-order valence-electron chi connectivity index (χ1n) is 9.25. The van der Waals surface area contributed by atoms with Crippen molar-refractivity contribution in [1.29, 1.82) is 0 Å². The van der Waals surface area contributed by atoms with Crippen molar-refractivity contribution < 1.29 is 23.9 Å². The molecule has 6 nitrogen and oxygen atoms in total. The molecular formula is C21H26BNO5. The van der Waals surface area contributed by atoms with E-state index >= 15 is 0 Å². The monoisotopic (exact) mass is 383 g/mol. The number of anilines is 1. The SMILES string of the molecule is Cc1ccc(OCC(=O)Nc2cc(B3OC(C)(C)C(C)(C)O3)ccc2O)cc1. The van der Waals surface area contributed by atoms with Gasteiger partial charge in [-0.1, -0.05) is 23.8 Å². The Hall–Kier alpha value is -2.51. The Morgan fingerprint density at radius 3 is 2.29 bits per heavy atom. The van der Waals surface area contributed by atoms with Crippen molar-refractivity contribution in [3.63, 3.8) is 0 Å². The maximum Gasteiger partial charge on any atom is 0.494 e. The van der Waals surface area contributed by atoms with Crippen molar-refractivity contribution in [3.05, 3.63) is 48.0 Å². The van der Waals surface area contributed by atoms with E-state index in [2.05, 4.69) is 5.32 Å². The van der Waals surface area contributed by atoms with Gasteiger partial charge < -0.3 is 24.5 Å². The molecule has 3 rings (SSSR count). The van der Waals surface area contributed by atoms with E-state index in [0.717, 1.165) is 5.56 Å². The Bertz CT molecular complexity index is 848. The van der Waals surface area contributed by atoms with Gasteiger partial charge in [0.2, 0.25) is 0 Å². The zero-order valence-corrected chi connectivity index (χ0v) is 16.9. The van der Waals surface area contributed by atoms with Gasteiger partial charge in [0.15, 0.2) is 6.61 Å². The van der Waals surface area contributed by atoms with Crippen molar-refractivity contribution in [2.24, 2.45) is 0 Å². The summed E-state index contributed by atoms with van der Waals surface area (Å²) in [5, 5.41) is 12.8. The van der Waals surface area contributed by atoms with Crippen LogP contribution in [0.4, 0.5) is 5.69 Å². The van der Waals surface area contributed by atoms with Crippen LogP contribution in [-0.2, 0) is 14.1 Å². The van der Waals surface area contributed by atoms with E-state index < -0.39 is 18.3 Å². The molecule has 1 aliphatic heterocycles. The van der Waals surface area contributed by atoms with Gasteiger partial charge in [0.25, 0.3) is 5.91 Å². The number of phenols is 1. The van der Waals surface area contributed by atoms with Crippen LogP contribution in [0.3, 0.4) is 0 Å². The lowest BCUT2D eigenvalue weighted by atomic mass is 9.79. The highest BCUT2D eigenvalue weighted by molar-refractivity contribution is 6.62. The second-order valence-electron chi connectivity index (χ2n) is 8.01. The van der Waals surface area contributed by atoms with Crippen LogP contribution in [0.1, 0.15) is 33.3 Å². The molecule has 1 aliphatic rings. The van der Waals surface area contributed by atoms with Gasteiger partial charge in [-0.15, -0.1) is 0 Å². The number of ether oxygens (including phenoxy) is 1. The van der Waals surface area contributed by atoms with Crippen LogP contribution in [0.15, 0.2) is 42.5 Å². The van der Waals surface area contributed by atoms with E-state index in [1.54, 1.807) is 24.3 Å². The lowest BCUT2D eigenvalue weighted by Gasteiger charge is -2.32. The highest BCUT2D eigenvalue weighted by Crippen LogP contribution is 2.37. The van der Waals surface area contributed by atoms with Crippen LogP contribution < -0.4 is 15.5 Å². The zero-order valence-electron chi connectivity index (χ0n) is 16.9. The van der Waals surface area contributed by atoms with Gasteiger partial charge in [-0.3, -0.25) is 4.79 Å². The van der Waals surface area contributed by atoms with Crippen molar-refractivity contribution in [2.45, 2.75) is 45.8 Å². The minimum absolute atomic E-state index is 0.0380. The molecule has 1 amide bonds. The molecule has 28 heavy (non-hydrogen) atoms. The number of benzene rings is 2. The average Bonchev–Trinajstić information content (AvgIpc) is 2.84. The van der Waals surface area contributed by atoms with Crippen LogP contribution in [0.2, 0.25) is 0 Å². The fourth-order valence-electron chi connectivity index (χ4n) is 2.75. The third-order valence-corrected chi connectivity index (χ3v) is 5.21. The fraction of sp³-hybridized carbons (Fsp3) is 0.381. The second kappa shape index (κ2) is 7.49. The van der Waals surface area contributed by atoms with E-state index in [0.29, 0.717) is 11.2 Å². The van der Waals surface area contributed by atoms with Gasteiger partial charge in [-0.2, -0.15) is 0 Å². The summed E-state index contributed by atoms with van der Waals surface area (Å²) in [5.74, 6) is 0.196. The minimum atomic E-state index is -0.579. The first kappa shape index (κ1) is 20.2. The molecule has 0 saturated carbocycles. The number of nitrogens with one attached hydrogen (secondary N) is 1. The van der Waals surface area contributed by atoms with Gasteiger partial charge in [0.05, 0.1) is 16.9 Å². The molecule has 2 aromatic rings. The van der Waals surface area contributed by atoms with E-state index in [-0.39, 0.29) is 24.0 Å². The van der Waals surface area contributed by atoms with E-state index in [1.165, 1.54) is 6.07 Å². The standard InChI is InChI=1S/C21H26BNO5/c1-14-6-9-16(10-7-14)26-13-19(25)23-17-12-15(8-11-18(17)24)22-27-20(2,3)21(4,5)28-22/h6-12,24H,13H2,1-5H3,(H,23,25). The summed E-state index contributed by atoms with van der Waals surface area (Å²) < 4.78 is 17.5. The molecule has 2 N–H and O–H groups in total. The number of hydrogen-bond donors (Lipinski definition) is 2. The van der Waals surface area contributed by atoms with Crippen LogP contribution in [0, 0.1) is 6.92 Å². The van der Waals surface area contributed by atoms with Crippen LogP contribution in [0.5, 0.6) is 11.5 Å². The lowest BCUT2D eigenvalue weighted by molar-refractivity contribution is -0.118. The number of carbonyl (C=O) groups is 1. The molecule has 0 unspecified atom stereocenters. The van der Waals surface area contributed by atoms with Gasteiger partial charge in [0, 0.05) is 0 Å². The summed E-state index contributed by atoms with van der Waals surface area (Å²) in [6.07, 6.45) is 0. The largest absolute Gasteiger partial charge is 0.506 e. The predicted molar refractivity (Wildman–Crippen MR) is 109 cm³/mol. The molecule has 0 bridgehead atoms. The molecule has 0 atom stereocenters. The topological polar surface area (TPSA) is 77.0 Å². The number of amides is 1. The summed E-state index contributed by atoms with van der Waals surface area (Å²) in [4.78, 5) is 12.2. The van der Waals surface area contributed by atoms with Crippen molar-refractivity contribution in [2.75, 3.05) is 11.9 Å². The molecule has 0 radical (unpaired) electrons. The van der Waals surface area contributed by atoms with Gasteiger partial charge in [-0.25, -0.2) is 0 Å². The average molecular weight is 383 g/mol. The quantitative estimate of drug-likeness (QED) is 0.613. The van der Waals surface area contributed by atoms with Crippen molar-refractivity contribution >= 4 is 24.2 Å². The summed E-state index contributed by atoms with van der Waals surface area (Å²) in [6.45, 7) is 9.70. The molecule has 2 aromatic carbocycles. The van der Waals surface area contributed by atoms with Crippen LogP contribution in [-0.4, -0.2) is 35.9 Å². The summed E-state index contributed by atoms with van der Waals surface area (Å²) in [6, 6.07) is 12.3. The van der Waals surface area contributed by atoms with E-state index in [1.807, 2.05) is 46.8 Å². The molecule has 1 fully saturated rings. The molecular weight excluding hydrogens is 357 g/mol. The molecule has 0 aliphatic carbocycles. The van der Waals surface area contributed by atoms with Crippen molar-refractivity contribution in [3.8, 4) is 11.5 Å². The zero-order chi connectivity index (χ0) is 20.5. The number of rotatable bonds is 5. The maximum absolute atomic E-state index is 12.2. The van der Waals surface area contributed by atoms with Gasteiger partial charge in [0.1, 0.15) is 11.5 Å². The van der Waals surface area contributed by atoms with Gasteiger partial charge in [-0.05, 0) is 64.3 Å². The minimum Gasteiger partial charge on any atom is -0.506 e. The lowest BCUT2D eigenvalue weighted by Crippen LogP contribution is -2.41. The molecule has 0 spiro atoms. The Morgan fingerprint density at radius 1 is 1.07 bits per heavy atom. The third-order valence-electron chi connectivity index (χ3n) is 5.21. The van der Waals surface area contributed by atoms with E-state index in [9.17, 15) is 9.90 Å². The first-order valence-corrected chi connectivity index (χ1v) is 9.25. The predicted octanol–water partition coefficient (Wildman–Crippen LogP) is 3.02. The molecule has 148 valence electrons. The van der Waals surface area contributed by atoms with Crippen LogP contribution >= 0.6 is 0 Å². The number of aryl methyl sites for hydroxylation is 1. The number of hydrogen-bond acceptors (Lipinski definition) is 5. The second-order valence-corrected chi connectivity index (χ2v) is 8.01. The Labute approximate surface area is 166 Å². The normalized spacial score (nSPS) is 17.4. The highest BCUT2D eigenvalue weighted by atomic mass is 16.7. The molecule has 0 aromatic heterocycles. The summed E-state index contributed by atoms with van der Waals surface area (Å²) >= 11 is 0. The number of phenolic OH excluding ortho intramolecular Hbond substituents is 1. The van der Waals surface area contributed by atoms with Crippen LogP contribution in [0.25, 0.3) is 0 Å². The molecule has 7 heteroatoms. The summed E-state index contributed by atoms with van der Waals surface area (Å²) in [5.41, 5.74) is 1.17. The fourth-order valence-corrected chi connectivity index (χ4v) is 2.75. The third kappa shape index (κ3) is 4.31. The smallest absolute Gasteiger partial charge is 0.494 e. The highest BCUT2D eigenvalue weighted by Gasteiger charge is 2.51.